The van der Waals surface area contributed by atoms with Gasteiger partial charge < -0.3 is 10.7 Å². The molecule has 0 amide bonds. The minimum absolute atomic E-state index is 0.0790. The van der Waals surface area contributed by atoms with Crippen LogP contribution >= 0.6 is 0 Å². The van der Waals surface area contributed by atoms with Crippen LogP contribution in [0.5, 0.6) is 0 Å². The van der Waals surface area contributed by atoms with Gasteiger partial charge in [-0.05, 0) is 46.9 Å². The minimum Gasteiger partial charge on any atom is -0.398 e. The van der Waals surface area contributed by atoms with E-state index in [1.165, 1.54) is 16.3 Å². The van der Waals surface area contributed by atoms with Crippen LogP contribution in [0.4, 0.5) is 5.69 Å². The summed E-state index contributed by atoms with van der Waals surface area (Å²) >= 11 is 0. The van der Waals surface area contributed by atoms with Crippen LogP contribution in [0.25, 0.3) is 44.2 Å². The lowest BCUT2D eigenvalue weighted by atomic mass is 9.87. The predicted molar refractivity (Wildman–Crippen MR) is 128 cm³/mol. The molecule has 0 aliphatic heterocycles. The molecule has 0 aliphatic rings. The van der Waals surface area contributed by atoms with Gasteiger partial charge in [-0.2, -0.15) is 0 Å². The molecule has 0 atom stereocenters. The quantitative estimate of drug-likeness (QED) is 0.321. The first-order chi connectivity index (χ1) is 14.4. The van der Waals surface area contributed by atoms with E-state index in [-0.39, 0.29) is 5.41 Å². The second-order valence-electron chi connectivity index (χ2n) is 8.88. The third-order valence-electron chi connectivity index (χ3n) is 5.79. The number of fused-ring (bicyclic) bond motifs is 3. The molecule has 0 bridgehead atoms. The number of aromatic nitrogens is 2. The topological polar surface area (TPSA) is 54.7 Å². The Bertz CT molecular complexity index is 1390. The number of hydrogen-bond acceptors (Lipinski definition) is 2. The van der Waals surface area contributed by atoms with Crippen molar-refractivity contribution in [2.24, 2.45) is 0 Å². The number of para-hydroxylation sites is 1. The van der Waals surface area contributed by atoms with Crippen molar-refractivity contribution in [1.29, 1.82) is 0 Å². The molecule has 3 heteroatoms. The van der Waals surface area contributed by atoms with E-state index < -0.39 is 0 Å². The van der Waals surface area contributed by atoms with Gasteiger partial charge in [0, 0.05) is 39.3 Å². The Morgan fingerprint density at radius 3 is 2.43 bits per heavy atom. The lowest BCUT2D eigenvalue weighted by Crippen LogP contribution is -2.11. The highest BCUT2D eigenvalue weighted by atomic mass is 14.7. The Hall–Kier alpha value is -3.59. The standard InChI is InChI=1S/C27H25N3/c1-27(2,3)19-13-14-29-24(16-19)17-7-6-8-18(15-17)25-22(28)12-11-21-20-9-4-5-10-23(20)30-26(21)25/h4-16,30H,28H2,1-3H3. The zero-order valence-corrected chi connectivity index (χ0v) is 17.5. The summed E-state index contributed by atoms with van der Waals surface area (Å²) in [6, 6.07) is 25.3. The van der Waals surface area contributed by atoms with Crippen LogP contribution in [-0.2, 0) is 5.41 Å². The minimum atomic E-state index is 0.0790. The van der Waals surface area contributed by atoms with Crippen molar-refractivity contribution in [3.05, 3.63) is 84.6 Å². The molecular formula is C27H25N3. The lowest BCUT2D eigenvalue weighted by Gasteiger charge is -2.19. The molecule has 0 saturated heterocycles. The summed E-state index contributed by atoms with van der Waals surface area (Å²) in [5.41, 5.74) is 15.0. The largest absolute Gasteiger partial charge is 0.398 e. The third-order valence-corrected chi connectivity index (χ3v) is 5.79. The van der Waals surface area contributed by atoms with Crippen LogP contribution in [0, 0.1) is 0 Å². The van der Waals surface area contributed by atoms with Gasteiger partial charge in [0.2, 0.25) is 0 Å². The average molecular weight is 392 g/mol. The Balaban J connectivity index is 1.70. The first-order valence-corrected chi connectivity index (χ1v) is 10.3. The number of anilines is 1. The number of nitrogen functional groups attached to an aromatic ring is 1. The predicted octanol–water partition coefficient (Wildman–Crippen LogP) is 6.93. The van der Waals surface area contributed by atoms with Crippen LogP contribution in [0.3, 0.4) is 0 Å². The summed E-state index contributed by atoms with van der Waals surface area (Å²) in [4.78, 5) is 8.22. The molecule has 5 aromatic rings. The summed E-state index contributed by atoms with van der Waals surface area (Å²) < 4.78 is 0. The summed E-state index contributed by atoms with van der Waals surface area (Å²) in [5.74, 6) is 0. The fraction of sp³-hybridized carbons (Fsp3) is 0.148. The number of pyridine rings is 1. The first kappa shape index (κ1) is 18.4. The van der Waals surface area contributed by atoms with Crippen molar-refractivity contribution in [1.82, 2.24) is 9.97 Å². The zero-order chi connectivity index (χ0) is 20.9. The van der Waals surface area contributed by atoms with Crippen molar-refractivity contribution in [3.8, 4) is 22.4 Å². The van der Waals surface area contributed by atoms with E-state index in [0.29, 0.717) is 0 Å². The summed E-state index contributed by atoms with van der Waals surface area (Å²) in [6.07, 6.45) is 1.90. The number of nitrogens with two attached hydrogens (primary N) is 1. The molecule has 3 N–H and O–H groups in total. The van der Waals surface area contributed by atoms with Gasteiger partial charge in [-0.1, -0.05) is 63.2 Å². The van der Waals surface area contributed by atoms with Crippen molar-refractivity contribution in [2.45, 2.75) is 26.2 Å². The van der Waals surface area contributed by atoms with Gasteiger partial charge in [-0.3, -0.25) is 4.98 Å². The van der Waals surface area contributed by atoms with Gasteiger partial charge in [0.25, 0.3) is 0 Å². The Kier molecular flexibility index (Phi) is 4.14. The van der Waals surface area contributed by atoms with E-state index in [2.05, 4.69) is 97.5 Å². The Morgan fingerprint density at radius 1 is 0.800 bits per heavy atom. The van der Waals surface area contributed by atoms with Gasteiger partial charge in [-0.25, -0.2) is 0 Å². The molecule has 5 rings (SSSR count). The molecule has 0 spiro atoms. The number of benzene rings is 3. The number of nitrogens with zero attached hydrogens (tertiary/aromatic N) is 1. The number of H-pyrrole nitrogens is 1. The average Bonchev–Trinajstić information content (AvgIpc) is 3.11. The Morgan fingerprint density at radius 2 is 1.60 bits per heavy atom. The summed E-state index contributed by atoms with van der Waals surface area (Å²) in [5, 5.41) is 2.40. The molecule has 0 radical (unpaired) electrons. The smallest absolute Gasteiger partial charge is 0.0705 e. The maximum absolute atomic E-state index is 6.47. The number of rotatable bonds is 2. The molecule has 30 heavy (non-hydrogen) atoms. The van der Waals surface area contributed by atoms with Crippen LogP contribution in [0.2, 0.25) is 0 Å². The van der Waals surface area contributed by atoms with E-state index in [1.807, 2.05) is 12.3 Å². The van der Waals surface area contributed by atoms with E-state index in [4.69, 9.17) is 5.73 Å². The first-order valence-electron chi connectivity index (χ1n) is 10.3. The highest BCUT2D eigenvalue weighted by Crippen LogP contribution is 2.38. The highest BCUT2D eigenvalue weighted by Gasteiger charge is 2.16. The summed E-state index contributed by atoms with van der Waals surface area (Å²) in [7, 11) is 0. The Labute approximate surface area is 176 Å². The van der Waals surface area contributed by atoms with Crippen molar-refractivity contribution >= 4 is 27.5 Å². The molecule has 148 valence electrons. The van der Waals surface area contributed by atoms with Crippen LogP contribution < -0.4 is 5.73 Å². The van der Waals surface area contributed by atoms with E-state index in [1.54, 1.807) is 0 Å². The normalized spacial score (nSPS) is 12.0. The SMILES string of the molecule is CC(C)(C)c1ccnc(-c2cccc(-c3c(N)ccc4c3[nH]c3ccccc34)c2)c1. The molecule has 0 saturated carbocycles. The maximum atomic E-state index is 6.47. The molecule has 0 aliphatic carbocycles. The van der Waals surface area contributed by atoms with E-state index in [0.717, 1.165) is 39.1 Å². The van der Waals surface area contributed by atoms with Crippen molar-refractivity contribution in [3.63, 3.8) is 0 Å². The number of nitrogens with one attached hydrogen (secondary N) is 1. The number of hydrogen-bond donors (Lipinski definition) is 2. The van der Waals surface area contributed by atoms with E-state index in [9.17, 15) is 0 Å². The van der Waals surface area contributed by atoms with Gasteiger partial charge in [0.15, 0.2) is 0 Å². The van der Waals surface area contributed by atoms with E-state index >= 15 is 0 Å². The fourth-order valence-electron chi connectivity index (χ4n) is 4.13. The summed E-state index contributed by atoms with van der Waals surface area (Å²) in [6.45, 7) is 6.67. The highest BCUT2D eigenvalue weighted by molar-refractivity contribution is 6.14. The second-order valence-corrected chi connectivity index (χ2v) is 8.88. The second kappa shape index (κ2) is 6.74. The number of aromatic amines is 1. The molecule has 3 aromatic carbocycles. The molecule has 2 aromatic heterocycles. The molecule has 2 heterocycles. The van der Waals surface area contributed by atoms with Crippen molar-refractivity contribution < 1.29 is 0 Å². The van der Waals surface area contributed by atoms with Gasteiger partial charge in [-0.15, -0.1) is 0 Å². The monoisotopic (exact) mass is 391 g/mol. The van der Waals surface area contributed by atoms with Crippen LogP contribution in [-0.4, -0.2) is 9.97 Å². The zero-order valence-electron chi connectivity index (χ0n) is 17.5. The molecule has 0 fully saturated rings. The van der Waals surface area contributed by atoms with Crippen molar-refractivity contribution in [2.75, 3.05) is 5.73 Å². The third kappa shape index (κ3) is 3.03. The van der Waals surface area contributed by atoms with Gasteiger partial charge in [0.05, 0.1) is 11.2 Å². The molecule has 0 unspecified atom stereocenters. The van der Waals surface area contributed by atoms with Crippen LogP contribution in [0.1, 0.15) is 26.3 Å². The van der Waals surface area contributed by atoms with Gasteiger partial charge in [0.1, 0.15) is 0 Å². The van der Waals surface area contributed by atoms with Crippen LogP contribution in [0.15, 0.2) is 79.0 Å². The van der Waals surface area contributed by atoms with Gasteiger partial charge >= 0.3 is 0 Å². The molecular weight excluding hydrogens is 366 g/mol. The lowest BCUT2D eigenvalue weighted by molar-refractivity contribution is 0.589. The fourth-order valence-corrected chi connectivity index (χ4v) is 4.13. The maximum Gasteiger partial charge on any atom is 0.0705 e. The molecule has 3 nitrogen and oxygen atoms in total.